The number of ketones is 1. The van der Waals surface area contributed by atoms with Crippen molar-refractivity contribution in [3.63, 3.8) is 0 Å². The molecule has 0 spiro atoms. The summed E-state index contributed by atoms with van der Waals surface area (Å²) in [7, 11) is 4.52. The van der Waals surface area contributed by atoms with Crippen molar-refractivity contribution in [2.75, 3.05) is 33.4 Å². The molecule has 3 rings (SSSR count). The maximum atomic E-state index is 12.6. The van der Waals surface area contributed by atoms with Crippen molar-refractivity contribution in [3.8, 4) is 28.7 Å². The summed E-state index contributed by atoms with van der Waals surface area (Å²) in [6.07, 6.45) is 0.0441. The Morgan fingerprint density at radius 3 is 2.11 bits per heavy atom. The fraction of sp³-hybridized carbons (Fsp3) is 0.300. The molecule has 1 N–H and O–H groups in total. The van der Waals surface area contributed by atoms with Crippen LogP contribution in [0.3, 0.4) is 0 Å². The van der Waals surface area contributed by atoms with E-state index in [1.165, 1.54) is 28.3 Å². The number of anilines is 1. The molecular formula is C20H21NO7. The van der Waals surface area contributed by atoms with Gasteiger partial charge in [0.2, 0.25) is 18.4 Å². The van der Waals surface area contributed by atoms with E-state index in [9.17, 15) is 9.59 Å². The summed E-state index contributed by atoms with van der Waals surface area (Å²) < 4.78 is 26.5. The van der Waals surface area contributed by atoms with E-state index < -0.39 is 0 Å². The molecule has 8 heteroatoms. The van der Waals surface area contributed by atoms with Crippen molar-refractivity contribution in [3.05, 3.63) is 35.4 Å². The molecule has 8 nitrogen and oxygen atoms in total. The lowest BCUT2D eigenvalue weighted by atomic mass is 10.1. The topological polar surface area (TPSA) is 92.3 Å². The van der Waals surface area contributed by atoms with E-state index in [2.05, 4.69) is 5.32 Å². The van der Waals surface area contributed by atoms with Crippen LogP contribution in [-0.2, 0) is 11.2 Å². The molecule has 0 unspecified atom stereocenters. The average molecular weight is 387 g/mol. The first kappa shape index (κ1) is 19.3. The molecule has 1 aliphatic rings. The van der Waals surface area contributed by atoms with Crippen LogP contribution in [0.2, 0.25) is 0 Å². The van der Waals surface area contributed by atoms with Gasteiger partial charge >= 0.3 is 0 Å². The molecule has 1 aliphatic heterocycles. The van der Waals surface area contributed by atoms with E-state index in [0.29, 0.717) is 45.6 Å². The fourth-order valence-electron chi connectivity index (χ4n) is 2.95. The Kier molecular flexibility index (Phi) is 5.58. The van der Waals surface area contributed by atoms with E-state index >= 15 is 0 Å². The number of carbonyl (C=O) groups excluding carboxylic acids is 2. The van der Waals surface area contributed by atoms with Crippen molar-refractivity contribution >= 4 is 17.4 Å². The molecule has 0 bridgehead atoms. The summed E-state index contributed by atoms with van der Waals surface area (Å²) in [6, 6.07) is 6.56. The highest BCUT2D eigenvalue weighted by molar-refractivity contribution is 6.05. The van der Waals surface area contributed by atoms with Gasteiger partial charge in [0.25, 0.3) is 0 Å². The number of hydrogen-bond donors (Lipinski definition) is 1. The monoisotopic (exact) mass is 387 g/mol. The largest absolute Gasteiger partial charge is 0.493 e. The number of ether oxygens (including phenoxy) is 5. The molecule has 1 heterocycles. The summed E-state index contributed by atoms with van der Waals surface area (Å²) in [5.41, 5.74) is 1.38. The quantitative estimate of drug-likeness (QED) is 0.730. The first-order valence-electron chi connectivity index (χ1n) is 8.50. The Labute approximate surface area is 162 Å². The van der Waals surface area contributed by atoms with Crippen LogP contribution in [0.25, 0.3) is 0 Å². The zero-order chi connectivity index (χ0) is 20.3. The standard InChI is InChI=1S/C20H21NO7/c1-11(22)13-8-15-16(28-10-27-15)9-14(13)21-19(23)7-12-5-17(24-2)20(26-4)18(6-12)25-3/h5-6,8-9H,7,10H2,1-4H3,(H,21,23). The van der Waals surface area contributed by atoms with Crippen LogP contribution in [0.1, 0.15) is 22.8 Å². The first-order valence-corrected chi connectivity index (χ1v) is 8.50. The van der Waals surface area contributed by atoms with Crippen molar-refractivity contribution < 1.29 is 33.3 Å². The lowest BCUT2D eigenvalue weighted by Crippen LogP contribution is -2.16. The maximum Gasteiger partial charge on any atom is 0.231 e. The minimum Gasteiger partial charge on any atom is -0.493 e. The van der Waals surface area contributed by atoms with Crippen LogP contribution in [0.4, 0.5) is 5.69 Å². The Hall–Kier alpha value is -3.42. The van der Waals surface area contributed by atoms with Crippen LogP contribution in [0.5, 0.6) is 28.7 Å². The van der Waals surface area contributed by atoms with Gasteiger partial charge in [-0.3, -0.25) is 9.59 Å². The van der Waals surface area contributed by atoms with E-state index in [-0.39, 0.29) is 24.9 Å². The zero-order valence-corrected chi connectivity index (χ0v) is 16.1. The second-order valence-electron chi connectivity index (χ2n) is 6.07. The highest BCUT2D eigenvalue weighted by atomic mass is 16.7. The molecule has 0 fully saturated rings. The van der Waals surface area contributed by atoms with E-state index in [4.69, 9.17) is 23.7 Å². The SMILES string of the molecule is COc1cc(CC(=O)Nc2cc3c(cc2C(C)=O)OCO3)cc(OC)c1OC. The summed E-state index contributed by atoms with van der Waals surface area (Å²) in [5, 5.41) is 2.77. The summed E-state index contributed by atoms with van der Waals surface area (Å²) in [6.45, 7) is 1.50. The molecule has 2 aromatic carbocycles. The van der Waals surface area contributed by atoms with E-state index in [0.717, 1.165) is 0 Å². The molecule has 28 heavy (non-hydrogen) atoms. The number of rotatable bonds is 7. The molecule has 0 atom stereocenters. The van der Waals surface area contributed by atoms with Gasteiger partial charge in [0.1, 0.15) is 0 Å². The maximum absolute atomic E-state index is 12.6. The van der Waals surface area contributed by atoms with Gasteiger partial charge in [-0.1, -0.05) is 0 Å². The highest BCUT2D eigenvalue weighted by Gasteiger charge is 2.21. The molecule has 148 valence electrons. The average Bonchev–Trinajstić information content (AvgIpc) is 3.13. The van der Waals surface area contributed by atoms with Gasteiger partial charge in [-0.15, -0.1) is 0 Å². The van der Waals surface area contributed by atoms with Crippen molar-refractivity contribution in [1.29, 1.82) is 0 Å². The second-order valence-corrected chi connectivity index (χ2v) is 6.07. The molecule has 0 aromatic heterocycles. The third kappa shape index (κ3) is 3.80. The van der Waals surface area contributed by atoms with Crippen LogP contribution in [-0.4, -0.2) is 39.8 Å². The number of methoxy groups -OCH3 is 3. The first-order chi connectivity index (χ1) is 13.5. The number of fused-ring (bicyclic) bond motifs is 1. The van der Waals surface area contributed by atoms with Crippen LogP contribution in [0.15, 0.2) is 24.3 Å². The second kappa shape index (κ2) is 8.08. The number of benzene rings is 2. The van der Waals surface area contributed by atoms with E-state index in [1.54, 1.807) is 24.3 Å². The Balaban J connectivity index is 1.84. The van der Waals surface area contributed by atoms with Gasteiger partial charge in [0.15, 0.2) is 28.8 Å². The van der Waals surface area contributed by atoms with Gasteiger partial charge in [-0.05, 0) is 30.7 Å². The number of hydrogen-bond acceptors (Lipinski definition) is 7. The zero-order valence-electron chi connectivity index (χ0n) is 16.1. The molecule has 2 aromatic rings. The van der Waals surface area contributed by atoms with Crippen LogP contribution < -0.4 is 29.0 Å². The molecular weight excluding hydrogens is 366 g/mol. The Morgan fingerprint density at radius 2 is 1.57 bits per heavy atom. The van der Waals surface area contributed by atoms with Crippen molar-refractivity contribution in [2.24, 2.45) is 0 Å². The lowest BCUT2D eigenvalue weighted by Gasteiger charge is -2.14. The summed E-state index contributed by atoms with van der Waals surface area (Å²) in [4.78, 5) is 24.6. The highest BCUT2D eigenvalue weighted by Crippen LogP contribution is 2.39. The van der Waals surface area contributed by atoms with Gasteiger partial charge < -0.3 is 29.0 Å². The Morgan fingerprint density at radius 1 is 0.964 bits per heavy atom. The molecule has 0 aliphatic carbocycles. The third-order valence-corrected chi connectivity index (χ3v) is 4.26. The molecule has 0 saturated heterocycles. The minimum absolute atomic E-state index is 0.0441. The summed E-state index contributed by atoms with van der Waals surface area (Å²) in [5.74, 6) is 1.82. The normalized spacial score (nSPS) is 11.7. The predicted octanol–water partition coefficient (Wildman–Crippen LogP) is 2.82. The van der Waals surface area contributed by atoms with Gasteiger partial charge in [-0.2, -0.15) is 0 Å². The van der Waals surface area contributed by atoms with Crippen molar-refractivity contribution in [1.82, 2.24) is 0 Å². The van der Waals surface area contributed by atoms with Crippen LogP contribution in [0, 0.1) is 0 Å². The Bertz CT molecular complexity index is 898. The lowest BCUT2D eigenvalue weighted by molar-refractivity contribution is -0.115. The minimum atomic E-state index is -0.310. The van der Waals surface area contributed by atoms with Crippen molar-refractivity contribution in [2.45, 2.75) is 13.3 Å². The van der Waals surface area contributed by atoms with E-state index in [1.807, 2.05) is 0 Å². The summed E-state index contributed by atoms with van der Waals surface area (Å²) >= 11 is 0. The molecule has 1 amide bonds. The predicted molar refractivity (Wildman–Crippen MR) is 101 cm³/mol. The fourth-order valence-corrected chi connectivity index (χ4v) is 2.95. The van der Waals surface area contributed by atoms with Gasteiger partial charge in [0.05, 0.1) is 33.4 Å². The molecule has 0 radical (unpaired) electrons. The number of carbonyl (C=O) groups is 2. The van der Waals surface area contributed by atoms with Gasteiger partial charge in [-0.25, -0.2) is 0 Å². The number of Topliss-reactive ketones (excluding diaryl/α,β-unsaturated/α-hetero) is 1. The number of amides is 1. The third-order valence-electron chi connectivity index (χ3n) is 4.26. The van der Waals surface area contributed by atoms with Gasteiger partial charge in [0, 0.05) is 11.6 Å². The number of nitrogens with one attached hydrogen (secondary N) is 1. The van der Waals surface area contributed by atoms with Crippen LogP contribution >= 0.6 is 0 Å². The molecule has 0 saturated carbocycles. The smallest absolute Gasteiger partial charge is 0.231 e.